The van der Waals surface area contributed by atoms with Gasteiger partial charge in [0.25, 0.3) is 0 Å². The topological polar surface area (TPSA) is 79.9 Å². The Morgan fingerprint density at radius 3 is 2.93 bits per heavy atom. The molecule has 0 aliphatic carbocycles. The van der Waals surface area contributed by atoms with Gasteiger partial charge in [-0.25, -0.2) is 5.10 Å². The van der Waals surface area contributed by atoms with E-state index in [-0.39, 0.29) is 12.3 Å². The molecule has 0 bridgehead atoms. The molecule has 78 valence electrons. The molecule has 0 aliphatic rings. The summed E-state index contributed by atoms with van der Waals surface area (Å²) < 4.78 is 5.12. The summed E-state index contributed by atoms with van der Waals surface area (Å²) in [6, 6.07) is 0. The molecule has 0 atom stereocenters. The number of carbonyl (C=O) groups is 1. The van der Waals surface area contributed by atoms with E-state index in [1.54, 1.807) is 7.11 Å². The van der Waals surface area contributed by atoms with Gasteiger partial charge in [0.1, 0.15) is 6.33 Å². The number of aromatic amines is 1. The van der Waals surface area contributed by atoms with E-state index in [1.165, 1.54) is 6.33 Å². The fourth-order valence-corrected chi connectivity index (χ4v) is 0.901. The van der Waals surface area contributed by atoms with Crippen molar-refractivity contribution in [3.05, 3.63) is 6.33 Å². The minimum Gasteiger partial charge on any atom is -0.378 e. The molecule has 0 unspecified atom stereocenters. The molecule has 2 N–H and O–H groups in total. The van der Waals surface area contributed by atoms with Crippen molar-refractivity contribution in [3.8, 4) is 0 Å². The van der Waals surface area contributed by atoms with Crippen LogP contribution in [-0.4, -0.2) is 33.8 Å². The monoisotopic (exact) mass is 198 g/mol. The number of anilines is 1. The van der Waals surface area contributed by atoms with Crippen LogP contribution in [0.5, 0.6) is 0 Å². The number of hydrogen-bond donors (Lipinski definition) is 2. The maximum Gasteiger partial charge on any atom is 0.229 e. The molecule has 1 amide bonds. The van der Waals surface area contributed by atoms with E-state index in [0.717, 1.165) is 0 Å². The van der Waals surface area contributed by atoms with Gasteiger partial charge in [-0.15, -0.1) is 0 Å². The van der Waals surface area contributed by atoms with Crippen molar-refractivity contribution in [1.29, 1.82) is 0 Å². The molecular formula is C8H14N4O2. The molecule has 0 saturated carbocycles. The van der Waals surface area contributed by atoms with Crippen LogP contribution in [0.2, 0.25) is 0 Å². The molecule has 1 rings (SSSR count). The van der Waals surface area contributed by atoms with Crippen LogP contribution in [0.25, 0.3) is 0 Å². The number of ether oxygens (including phenoxy) is 1. The Morgan fingerprint density at radius 2 is 2.43 bits per heavy atom. The zero-order valence-electron chi connectivity index (χ0n) is 8.50. The summed E-state index contributed by atoms with van der Waals surface area (Å²) >= 11 is 0. The summed E-state index contributed by atoms with van der Waals surface area (Å²) in [5.74, 6) is 0.190. The zero-order chi connectivity index (χ0) is 10.6. The van der Waals surface area contributed by atoms with Crippen LogP contribution in [0.4, 0.5) is 5.95 Å². The maximum atomic E-state index is 11.4. The van der Waals surface area contributed by atoms with Crippen LogP contribution in [0, 0.1) is 0 Å². The van der Waals surface area contributed by atoms with Crippen molar-refractivity contribution in [2.45, 2.75) is 25.9 Å². The molecule has 1 aromatic heterocycles. The minimum absolute atomic E-state index is 0.159. The summed E-state index contributed by atoms with van der Waals surface area (Å²) in [4.78, 5) is 15.2. The van der Waals surface area contributed by atoms with Gasteiger partial charge in [0.2, 0.25) is 11.9 Å². The lowest BCUT2D eigenvalue weighted by Gasteiger charge is -2.21. The standard InChI is InChI=1S/C8H14N4O2/c1-8(2,14-3)4-6(13)11-7-9-5-10-12-7/h5H,4H2,1-3H3,(H2,9,10,11,12,13). The van der Waals surface area contributed by atoms with Gasteiger partial charge in [-0.2, -0.15) is 10.1 Å². The van der Waals surface area contributed by atoms with Crippen LogP contribution in [0.3, 0.4) is 0 Å². The highest BCUT2D eigenvalue weighted by Crippen LogP contribution is 2.13. The molecule has 0 radical (unpaired) electrons. The third-order valence-corrected chi connectivity index (χ3v) is 1.81. The first-order valence-electron chi connectivity index (χ1n) is 4.24. The highest BCUT2D eigenvalue weighted by atomic mass is 16.5. The molecular weight excluding hydrogens is 184 g/mol. The Labute approximate surface area is 82.1 Å². The van der Waals surface area contributed by atoms with E-state index in [0.29, 0.717) is 5.95 Å². The molecule has 0 aromatic carbocycles. The molecule has 0 aliphatic heterocycles. The van der Waals surface area contributed by atoms with Gasteiger partial charge in [0.15, 0.2) is 0 Å². The highest BCUT2D eigenvalue weighted by molar-refractivity contribution is 5.89. The summed E-state index contributed by atoms with van der Waals surface area (Å²) in [6.07, 6.45) is 1.60. The number of aromatic nitrogens is 3. The van der Waals surface area contributed by atoms with Gasteiger partial charge in [-0.05, 0) is 13.8 Å². The summed E-state index contributed by atoms with van der Waals surface area (Å²) in [7, 11) is 1.57. The normalized spacial score (nSPS) is 11.4. The molecule has 1 aromatic rings. The molecule has 0 spiro atoms. The summed E-state index contributed by atoms with van der Waals surface area (Å²) in [6.45, 7) is 3.68. The smallest absolute Gasteiger partial charge is 0.229 e. The number of methoxy groups -OCH3 is 1. The van der Waals surface area contributed by atoms with Crippen molar-refractivity contribution < 1.29 is 9.53 Å². The van der Waals surface area contributed by atoms with Gasteiger partial charge in [0.05, 0.1) is 12.0 Å². The second-order valence-corrected chi connectivity index (χ2v) is 3.52. The van der Waals surface area contributed by atoms with Crippen molar-refractivity contribution >= 4 is 11.9 Å². The van der Waals surface area contributed by atoms with E-state index >= 15 is 0 Å². The quantitative estimate of drug-likeness (QED) is 0.740. The summed E-state index contributed by atoms with van der Waals surface area (Å²) in [5, 5.41) is 8.71. The first-order valence-corrected chi connectivity index (χ1v) is 4.24. The number of nitrogens with zero attached hydrogens (tertiary/aromatic N) is 2. The SMILES string of the molecule is COC(C)(C)CC(=O)Nc1ncn[nH]1. The van der Waals surface area contributed by atoms with E-state index < -0.39 is 5.60 Å². The predicted octanol–water partition coefficient (Wildman–Crippen LogP) is 0.558. The predicted molar refractivity (Wildman–Crippen MR) is 50.7 cm³/mol. The average Bonchev–Trinajstić information content (AvgIpc) is 2.55. The number of hydrogen-bond acceptors (Lipinski definition) is 4. The van der Waals surface area contributed by atoms with Crippen molar-refractivity contribution in [3.63, 3.8) is 0 Å². The number of nitrogens with one attached hydrogen (secondary N) is 2. The second-order valence-electron chi connectivity index (χ2n) is 3.52. The third-order valence-electron chi connectivity index (χ3n) is 1.81. The van der Waals surface area contributed by atoms with Crippen LogP contribution in [0.1, 0.15) is 20.3 Å². The lowest BCUT2D eigenvalue weighted by atomic mass is 10.1. The van der Waals surface area contributed by atoms with Crippen molar-refractivity contribution in [1.82, 2.24) is 15.2 Å². The maximum absolute atomic E-state index is 11.4. The van der Waals surface area contributed by atoms with Crippen LogP contribution < -0.4 is 5.32 Å². The Hall–Kier alpha value is -1.43. The Bertz CT molecular complexity index is 294. The van der Waals surface area contributed by atoms with Gasteiger partial charge >= 0.3 is 0 Å². The van der Waals surface area contributed by atoms with E-state index in [1.807, 2.05) is 13.8 Å². The molecule has 14 heavy (non-hydrogen) atoms. The molecule has 1 heterocycles. The first kappa shape index (κ1) is 10.6. The van der Waals surface area contributed by atoms with Crippen LogP contribution in [-0.2, 0) is 9.53 Å². The zero-order valence-corrected chi connectivity index (χ0v) is 8.50. The molecule has 6 nitrogen and oxygen atoms in total. The second kappa shape index (κ2) is 4.19. The lowest BCUT2D eigenvalue weighted by Crippen LogP contribution is -2.29. The number of amides is 1. The Morgan fingerprint density at radius 1 is 1.71 bits per heavy atom. The average molecular weight is 198 g/mol. The van der Waals surface area contributed by atoms with Gasteiger partial charge < -0.3 is 4.74 Å². The van der Waals surface area contributed by atoms with Crippen molar-refractivity contribution in [2.24, 2.45) is 0 Å². The Balaban J connectivity index is 2.44. The van der Waals surface area contributed by atoms with Crippen molar-refractivity contribution in [2.75, 3.05) is 12.4 Å². The van der Waals surface area contributed by atoms with E-state index in [9.17, 15) is 4.79 Å². The number of rotatable bonds is 4. The number of carbonyl (C=O) groups excluding carboxylic acids is 1. The fraction of sp³-hybridized carbons (Fsp3) is 0.625. The number of H-pyrrole nitrogens is 1. The molecule has 0 fully saturated rings. The highest BCUT2D eigenvalue weighted by Gasteiger charge is 2.21. The van der Waals surface area contributed by atoms with Crippen LogP contribution >= 0.6 is 0 Å². The third kappa shape index (κ3) is 3.14. The summed E-state index contributed by atoms with van der Waals surface area (Å²) in [5.41, 5.74) is -0.468. The fourth-order valence-electron chi connectivity index (χ4n) is 0.901. The largest absolute Gasteiger partial charge is 0.378 e. The molecule has 6 heteroatoms. The van der Waals surface area contributed by atoms with E-state index in [2.05, 4.69) is 20.5 Å². The Kier molecular flexibility index (Phi) is 3.19. The van der Waals surface area contributed by atoms with Crippen LogP contribution in [0.15, 0.2) is 6.33 Å². The minimum atomic E-state index is -0.468. The lowest BCUT2D eigenvalue weighted by molar-refractivity contribution is -0.121. The van der Waals surface area contributed by atoms with E-state index in [4.69, 9.17) is 4.74 Å². The van der Waals surface area contributed by atoms with Gasteiger partial charge in [0, 0.05) is 7.11 Å². The van der Waals surface area contributed by atoms with Gasteiger partial charge in [-0.3, -0.25) is 10.1 Å². The van der Waals surface area contributed by atoms with Gasteiger partial charge in [-0.1, -0.05) is 0 Å². The first-order chi connectivity index (χ1) is 6.53. The molecule has 0 saturated heterocycles.